The van der Waals surface area contributed by atoms with Crippen LogP contribution in [0.4, 0.5) is 11.4 Å². The van der Waals surface area contributed by atoms with Crippen LogP contribution >= 0.6 is 0 Å². The van der Waals surface area contributed by atoms with Crippen molar-refractivity contribution in [2.75, 3.05) is 43.6 Å². The molecule has 2 N–H and O–H groups in total. The number of anilines is 2. The lowest BCUT2D eigenvalue weighted by atomic mass is 10.1. The standard InChI is InChI=1S/C23H29N3O6S/c1-4-16(2)25-33(29,30)19-8-5-17(6-9-19)22(27)24-21-10-7-18(15-20(21)23(28)31-3)26-11-13-32-14-12-26/h5-10,15-16,25H,4,11-14H2,1-3H3,(H,24,27). The number of morpholine rings is 1. The van der Waals surface area contributed by atoms with Gasteiger partial charge in [-0.05, 0) is 55.8 Å². The molecule has 1 fully saturated rings. The van der Waals surface area contributed by atoms with E-state index in [0.717, 1.165) is 5.69 Å². The molecule has 0 spiro atoms. The normalized spacial score (nSPS) is 15.1. The van der Waals surface area contributed by atoms with E-state index in [2.05, 4.69) is 14.9 Å². The van der Waals surface area contributed by atoms with Crippen LogP contribution in [0.3, 0.4) is 0 Å². The number of ether oxygens (including phenoxy) is 2. The molecule has 1 unspecified atom stereocenters. The number of rotatable bonds is 8. The Bertz CT molecular complexity index is 1100. The van der Waals surface area contributed by atoms with Crippen LogP contribution < -0.4 is 14.9 Å². The summed E-state index contributed by atoms with van der Waals surface area (Å²) in [5, 5.41) is 2.72. The van der Waals surface area contributed by atoms with Gasteiger partial charge in [-0.15, -0.1) is 0 Å². The number of nitrogens with one attached hydrogen (secondary N) is 2. The fraction of sp³-hybridized carbons (Fsp3) is 0.391. The van der Waals surface area contributed by atoms with Gasteiger partial charge >= 0.3 is 5.97 Å². The number of carbonyl (C=O) groups excluding carboxylic acids is 2. The number of benzene rings is 2. The van der Waals surface area contributed by atoms with Crippen molar-refractivity contribution in [1.29, 1.82) is 0 Å². The Morgan fingerprint density at radius 3 is 2.39 bits per heavy atom. The van der Waals surface area contributed by atoms with Gasteiger partial charge in [0.2, 0.25) is 10.0 Å². The Balaban J connectivity index is 1.79. The molecule has 1 aliphatic rings. The van der Waals surface area contributed by atoms with Crippen molar-refractivity contribution < 1.29 is 27.5 Å². The molecule has 2 aromatic rings. The first-order chi connectivity index (χ1) is 15.7. The number of nitrogens with zero attached hydrogens (tertiary/aromatic N) is 1. The smallest absolute Gasteiger partial charge is 0.340 e. The summed E-state index contributed by atoms with van der Waals surface area (Å²) >= 11 is 0. The lowest BCUT2D eigenvalue weighted by molar-refractivity contribution is 0.0602. The zero-order valence-electron chi connectivity index (χ0n) is 19.0. The average Bonchev–Trinajstić information content (AvgIpc) is 2.84. The molecule has 1 amide bonds. The van der Waals surface area contributed by atoms with Crippen molar-refractivity contribution in [1.82, 2.24) is 4.72 Å². The molecule has 1 saturated heterocycles. The van der Waals surface area contributed by atoms with Gasteiger partial charge in [0.25, 0.3) is 5.91 Å². The number of carbonyl (C=O) groups is 2. The van der Waals surface area contributed by atoms with Gasteiger partial charge in [-0.3, -0.25) is 4.79 Å². The number of methoxy groups -OCH3 is 1. The van der Waals surface area contributed by atoms with E-state index in [-0.39, 0.29) is 22.1 Å². The number of hydrogen-bond donors (Lipinski definition) is 2. The summed E-state index contributed by atoms with van der Waals surface area (Å²) in [6.45, 7) is 6.27. The van der Waals surface area contributed by atoms with Gasteiger partial charge in [0.05, 0.1) is 36.5 Å². The highest BCUT2D eigenvalue weighted by molar-refractivity contribution is 7.89. The number of amides is 1. The molecular formula is C23H29N3O6S. The van der Waals surface area contributed by atoms with Gasteiger partial charge in [-0.1, -0.05) is 6.92 Å². The minimum absolute atomic E-state index is 0.0736. The molecule has 178 valence electrons. The molecule has 10 heteroatoms. The monoisotopic (exact) mass is 475 g/mol. The lowest BCUT2D eigenvalue weighted by Crippen LogP contribution is -2.36. The second-order valence-corrected chi connectivity index (χ2v) is 9.44. The van der Waals surface area contributed by atoms with E-state index in [0.29, 0.717) is 38.4 Å². The second kappa shape index (κ2) is 10.8. The van der Waals surface area contributed by atoms with Crippen LogP contribution in [0.5, 0.6) is 0 Å². The summed E-state index contributed by atoms with van der Waals surface area (Å²) in [5.41, 5.74) is 1.62. The van der Waals surface area contributed by atoms with E-state index in [1.165, 1.54) is 31.4 Å². The van der Waals surface area contributed by atoms with E-state index in [1.807, 2.05) is 13.0 Å². The molecular weight excluding hydrogens is 446 g/mol. The molecule has 1 aliphatic heterocycles. The van der Waals surface area contributed by atoms with Gasteiger partial charge in [-0.2, -0.15) is 0 Å². The first-order valence-corrected chi connectivity index (χ1v) is 12.2. The van der Waals surface area contributed by atoms with Gasteiger partial charge < -0.3 is 19.7 Å². The maximum absolute atomic E-state index is 12.8. The van der Waals surface area contributed by atoms with Crippen LogP contribution in [-0.4, -0.2) is 59.7 Å². The Hall–Kier alpha value is -2.95. The number of esters is 1. The highest BCUT2D eigenvalue weighted by atomic mass is 32.2. The summed E-state index contributed by atoms with van der Waals surface area (Å²) < 4.78 is 37.7. The third-order valence-corrected chi connectivity index (χ3v) is 7.03. The van der Waals surface area contributed by atoms with Crippen molar-refractivity contribution in [2.24, 2.45) is 0 Å². The summed E-state index contributed by atoms with van der Waals surface area (Å²) in [6, 6.07) is 10.6. The third kappa shape index (κ3) is 6.10. The Morgan fingerprint density at radius 2 is 1.79 bits per heavy atom. The van der Waals surface area contributed by atoms with E-state index in [1.54, 1.807) is 19.1 Å². The van der Waals surface area contributed by atoms with Crippen LogP contribution in [0, 0.1) is 0 Å². The van der Waals surface area contributed by atoms with Gasteiger partial charge in [-0.25, -0.2) is 17.9 Å². The molecule has 33 heavy (non-hydrogen) atoms. The lowest BCUT2D eigenvalue weighted by Gasteiger charge is -2.29. The van der Waals surface area contributed by atoms with Crippen molar-refractivity contribution in [2.45, 2.75) is 31.2 Å². The highest BCUT2D eigenvalue weighted by Crippen LogP contribution is 2.25. The van der Waals surface area contributed by atoms with Crippen LogP contribution in [0.1, 0.15) is 41.0 Å². The largest absolute Gasteiger partial charge is 0.465 e. The zero-order chi connectivity index (χ0) is 24.0. The topological polar surface area (TPSA) is 114 Å². The van der Waals surface area contributed by atoms with Gasteiger partial charge in [0, 0.05) is 30.4 Å². The van der Waals surface area contributed by atoms with Crippen LogP contribution in [0.15, 0.2) is 47.4 Å². The number of hydrogen-bond acceptors (Lipinski definition) is 7. The van der Waals surface area contributed by atoms with Crippen molar-refractivity contribution in [3.05, 3.63) is 53.6 Å². The average molecular weight is 476 g/mol. The van der Waals surface area contributed by atoms with Crippen molar-refractivity contribution >= 4 is 33.3 Å². The predicted octanol–water partition coefficient (Wildman–Crippen LogP) is 2.64. The first-order valence-electron chi connectivity index (χ1n) is 10.7. The molecule has 0 saturated carbocycles. The molecule has 3 rings (SSSR count). The minimum atomic E-state index is -3.67. The molecule has 0 radical (unpaired) electrons. The SMILES string of the molecule is CCC(C)NS(=O)(=O)c1ccc(C(=O)Nc2ccc(N3CCOCC3)cc2C(=O)OC)cc1. The third-order valence-electron chi connectivity index (χ3n) is 5.43. The zero-order valence-corrected chi connectivity index (χ0v) is 19.8. The second-order valence-electron chi connectivity index (χ2n) is 7.73. The fourth-order valence-electron chi connectivity index (χ4n) is 3.33. The van der Waals surface area contributed by atoms with Crippen LogP contribution in [-0.2, 0) is 19.5 Å². The van der Waals surface area contributed by atoms with Gasteiger partial charge in [0.1, 0.15) is 0 Å². The molecule has 9 nitrogen and oxygen atoms in total. The predicted molar refractivity (Wildman–Crippen MR) is 125 cm³/mol. The molecule has 0 bridgehead atoms. The maximum atomic E-state index is 12.8. The van der Waals surface area contributed by atoms with Gasteiger partial charge in [0.15, 0.2) is 0 Å². The summed E-state index contributed by atoms with van der Waals surface area (Å²) in [7, 11) is -2.39. The highest BCUT2D eigenvalue weighted by Gasteiger charge is 2.20. The quantitative estimate of drug-likeness (QED) is 0.564. The van der Waals surface area contributed by atoms with Crippen LogP contribution in [0.2, 0.25) is 0 Å². The Labute approximate surface area is 194 Å². The van der Waals surface area contributed by atoms with Crippen molar-refractivity contribution in [3.63, 3.8) is 0 Å². The molecule has 1 heterocycles. The molecule has 0 aromatic heterocycles. The van der Waals surface area contributed by atoms with Crippen molar-refractivity contribution in [3.8, 4) is 0 Å². The molecule has 1 atom stereocenters. The minimum Gasteiger partial charge on any atom is -0.465 e. The maximum Gasteiger partial charge on any atom is 0.340 e. The Kier molecular flexibility index (Phi) is 8.06. The van der Waals surface area contributed by atoms with E-state index in [9.17, 15) is 18.0 Å². The fourth-order valence-corrected chi connectivity index (χ4v) is 4.66. The molecule has 0 aliphatic carbocycles. The van der Waals surface area contributed by atoms with E-state index < -0.39 is 21.9 Å². The summed E-state index contributed by atoms with van der Waals surface area (Å²) in [5.74, 6) is -1.05. The first kappa shape index (κ1) is 24.7. The van der Waals surface area contributed by atoms with E-state index >= 15 is 0 Å². The van der Waals surface area contributed by atoms with E-state index in [4.69, 9.17) is 9.47 Å². The number of sulfonamides is 1. The van der Waals surface area contributed by atoms with Crippen LogP contribution in [0.25, 0.3) is 0 Å². The molecule has 2 aromatic carbocycles. The Morgan fingerprint density at radius 1 is 1.12 bits per heavy atom. The summed E-state index contributed by atoms with van der Waals surface area (Å²) in [6.07, 6.45) is 0.659. The summed E-state index contributed by atoms with van der Waals surface area (Å²) in [4.78, 5) is 27.3.